The van der Waals surface area contributed by atoms with Crippen molar-refractivity contribution in [3.63, 3.8) is 0 Å². The zero-order valence-electron chi connectivity index (χ0n) is 13.9. The molecule has 0 bridgehead atoms. The Kier molecular flexibility index (Phi) is 4.99. The maximum absolute atomic E-state index is 12.5. The van der Waals surface area contributed by atoms with E-state index in [9.17, 15) is 13.2 Å². The molecule has 1 aromatic carbocycles. The van der Waals surface area contributed by atoms with Crippen molar-refractivity contribution < 1.29 is 22.7 Å². The molecule has 7 heteroatoms. The highest BCUT2D eigenvalue weighted by molar-refractivity contribution is 7.91. The Bertz CT molecular complexity index is 716. The van der Waals surface area contributed by atoms with E-state index < -0.39 is 9.84 Å². The first-order chi connectivity index (χ1) is 11.5. The largest absolute Gasteiger partial charge is 0.486 e. The van der Waals surface area contributed by atoms with Crippen LogP contribution in [0, 0.1) is 0 Å². The molecule has 2 aliphatic rings. The molecule has 1 saturated heterocycles. The van der Waals surface area contributed by atoms with Gasteiger partial charge in [-0.15, -0.1) is 0 Å². The van der Waals surface area contributed by atoms with Crippen LogP contribution in [0.15, 0.2) is 23.1 Å². The van der Waals surface area contributed by atoms with E-state index >= 15 is 0 Å². The van der Waals surface area contributed by atoms with Gasteiger partial charge in [0.1, 0.15) is 13.2 Å². The first kappa shape index (κ1) is 17.1. The molecule has 0 aromatic heterocycles. The van der Waals surface area contributed by atoms with Crippen LogP contribution in [0.25, 0.3) is 0 Å². The van der Waals surface area contributed by atoms with Crippen molar-refractivity contribution in [1.29, 1.82) is 0 Å². The van der Waals surface area contributed by atoms with Gasteiger partial charge in [0.2, 0.25) is 5.91 Å². The fraction of sp³-hybridized carbons (Fsp3) is 0.588. The van der Waals surface area contributed by atoms with Crippen molar-refractivity contribution in [2.75, 3.05) is 25.5 Å². The number of hydrogen-bond acceptors (Lipinski definition) is 5. The van der Waals surface area contributed by atoms with Crippen LogP contribution in [-0.2, 0) is 14.6 Å². The van der Waals surface area contributed by atoms with Gasteiger partial charge in [0, 0.05) is 25.1 Å². The third-order valence-corrected chi connectivity index (χ3v) is 6.29. The number of carbonyl (C=O) groups excluding carboxylic acids is 1. The highest BCUT2D eigenvalue weighted by atomic mass is 32.2. The van der Waals surface area contributed by atoms with Crippen molar-refractivity contribution in [3.8, 4) is 11.5 Å². The van der Waals surface area contributed by atoms with Gasteiger partial charge in [-0.05, 0) is 38.3 Å². The summed E-state index contributed by atoms with van der Waals surface area (Å²) in [4.78, 5) is 14.3. The topological polar surface area (TPSA) is 72.9 Å². The maximum atomic E-state index is 12.5. The summed E-state index contributed by atoms with van der Waals surface area (Å²) in [5.41, 5.74) is 0. The fourth-order valence-corrected chi connectivity index (χ4v) is 4.41. The average Bonchev–Trinajstić information content (AvgIpc) is 2.60. The Labute approximate surface area is 142 Å². The maximum Gasteiger partial charge on any atom is 0.223 e. The number of nitrogens with zero attached hydrogens (tertiary/aromatic N) is 1. The summed E-state index contributed by atoms with van der Waals surface area (Å²) in [5, 5.41) is 0. The van der Waals surface area contributed by atoms with Crippen LogP contribution >= 0.6 is 0 Å². The molecule has 0 N–H and O–H groups in total. The van der Waals surface area contributed by atoms with Gasteiger partial charge in [-0.3, -0.25) is 4.79 Å². The number of rotatable bonds is 4. The number of fused-ring (bicyclic) bond motifs is 1. The van der Waals surface area contributed by atoms with Crippen LogP contribution in [0.3, 0.4) is 0 Å². The third kappa shape index (κ3) is 3.66. The predicted molar refractivity (Wildman–Crippen MR) is 89.1 cm³/mol. The molecular weight excluding hydrogens is 330 g/mol. The number of piperidine rings is 1. The van der Waals surface area contributed by atoms with Gasteiger partial charge in [0.25, 0.3) is 0 Å². The highest BCUT2D eigenvalue weighted by Crippen LogP contribution is 2.32. The number of amides is 1. The summed E-state index contributed by atoms with van der Waals surface area (Å²) in [6, 6.07) is 4.80. The zero-order valence-corrected chi connectivity index (χ0v) is 14.7. The molecule has 2 aliphatic heterocycles. The minimum absolute atomic E-state index is 0.0150. The van der Waals surface area contributed by atoms with Gasteiger partial charge in [-0.1, -0.05) is 0 Å². The molecule has 1 amide bonds. The first-order valence-electron chi connectivity index (χ1n) is 8.39. The van der Waals surface area contributed by atoms with E-state index in [1.165, 1.54) is 12.1 Å². The van der Waals surface area contributed by atoms with Crippen LogP contribution in [0.4, 0.5) is 0 Å². The Morgan fingerprint density at radius 3 is 2.71 bits per heavy atom. The second-order valence-electron chi connectivity index (χ2n) is 6.31. The van der Waals surface area contributed by atoms with E-state index in [-0.39, 0.29) is 29.0 Å². The minimum Gasteiger partial charge on any atom is -0.486 e. The zero-order chi connectivity index (χ0) is 17.2. The molecule has 2 heterocycles. The molecule has 0 spiro atoms. The smallest absolute Gasteiger partial charge is 0.223 e. The highest BCUT2D eigenvalue weighted by Gasteiger charge is 2.26. The van der Waals surface area contributed by atoms with Crippen LogP contribution in [0.2, 0.25) is 0 Å². The van der Waals surface area contributed by atoms with Crippen LogP contribution in [0.5, 0.6) is 11.5 Å². The molecule has 6 nitrogen and oxygen atoms in total. The Morgan fingerprint density at radius 1 is 1.21 bits per heavy atom. The summed E-state index contributed by atoms with van der Waals surface area (Å²) in [6.07, 6.45) is 3.12. The number of ether oxygens (including phenoxy) is 2. The number of sulfone groups is 1. The van der Waals surface area contributed by atoms with Gasteiger partial charge in [-0.2, -0.15) is 0 Å². The third-order valence-electron chi connectivity index (χ3n) is 4.58. The number of carbonyl (C=O) groups is 1. The first-order valence-corrected chi connectivity index (χ1v) is 10.0. The van der Waals surface area contributed by atoms with Crippen molar-refractivity contribution >= 4 is 15.7 Å². The lowest BCUT2D eigenvalue weighted by Gasteiger charge is -2.33. The van der Waals surface area contributed by atoms with Crippen molar-refractivity contribution in [2.45, 2.75) is 43.5 Å². The summed E-state index contributed by atoms with van der Waals surface area (Å²) >= 11 is 0. The van der Waals surface area contributed by atoms with E-state index in [1.54, 1.807) is 6.07 Å². The molecule has 0 aliphatic carbocycles. The quantitative estimate of drug-likeness (QED) is 0.828. The van der Waals surface area contributed by atoms with Gasteiger partial charge in [-0.25, -0.2) is 8.42 Å². The molecule has 3 rings (SSSR count). The molecule has 1 unspecified atom stereocenters. The number of benzene rings is 1. The summed E-state index contributed by atoms with van der Waals surface area (Å²) in [6.45, 7) is 3.61. The lowest BCUT2D eigenvalue weighted by molar-refractivity contribution is -0.133. The summed E-state index contributed by atoms with van der Waals surface area (Å²) < 4.78 is 35.9. The molecule has 1 fully saturated rings. The Balaban J connectivity index is 1.66. The summed E-state index contributed by atoms with van der Waals surface area (Å²) in [7, 11) is -3.53. The average molecular weight is 353 g/mol. The van der Waals surface area contributed by atoms with Crippen LogP contribution < -0.4 is 9.47 Å². The Hall–Kier alpha value is -1.76. The number of hydrogen-bond donors (Lipinski definition) is 0. The second kappa shape index (κ2) is 7.01. The van der Waals surface area contributed by atoms with Gasteiger partial charge in [0.05, 0.1) is 10.6 Å². The van der Waals surface area contributed by atoms with Crippen molar-refractivity contribution in [3.05, 3.63) is 18.2 Å². The molecule has 1 atom stereocenters. The molecule has 0 saturated carbocycles. The van der Waals surface area contributed by atoms with Crippen molar-refractivity contribution in [1.82, 2.24) is 4.90 Å². The minimum atomic E-state index is -3.53. The van der Waals surface area contributed by atoms with Gasteiger partial charge >= 0.3 is 0 Å². The van der Waals surface area contributed by atoms with E-state index in [0.29, 0.717) is 24.7 Å². The molecule has 24 heavy (non-hydrogen) atoms. The van der Waals surface area contributed by atoms with E-state index in [0.717, 1.165) is 25.8 Å². The molecule has 1 aromatic rings. The van der Waals surface area contributed by atoms with Crippen LogP contribution in [-0.4, -0.2) is 50.8 Å². The van der Waals surface area contributed by atoms with E-state index in [4.69, 9.17) is 9.47 Å². The predicted octanol–water partition coefficient (Wildman–Crippen LogP) is 2.02. The van der Waals surface area contributed by atoms with E-state index in [1.807, 2.05) is 11.8 Å². The Morgan fingerprint density at radius 2 is 1.96 bits per heavy atom. The standard InChI is InChI=1S/C17H23NO5S/c1-13-4-2-3-8-18(13)17(19)7-11-24(20,21)14-5-6-15-16(12-14)23-10-9-22-15/h5-6,12-13H,2-4,7-11H2,1H3. The van der Waals surface area contributed by atoms with Gasteiger partial charge in [0.15, 0.2) is 21.3 Å². The SMILES string of the molecule is CC1CCCCN1C(=O)CCS(=O)(=O)c1ccc2c(c1)OCCO2. The monoisotopic (exact) mass is 353 g/mol. The van der Waals surface area contributed by atoms with Crippen LogP contribution in [0.1, 0.15) is 32.6 Å². The molecule has 0 radical (unpaired) electrons. The lowest BCUT2D eigenvalue weighted by atomic mass is 10.0. The van der Waals surface area contributed by atoms with Crippen molar-refractivity contribution in [2.24, 2.45) is 0 Å². The fourth-order valence-electron chi connectivity index (χ4n) is 3.17. The normalized spacial score (nSPS) is 20.7. The molecular formula is C17H23NO5S. The number of likely N-dealkylation sites (tertiary alicyclic amines) is 1. The molecule has 132 valence electrons. The second-order valence-corrected chi connectivity index (χ2v) is 8.42. The summed E-state index contributed by atoms with van der Waals surface area (Å²) in [5.74, 6) is 0.731. The van der Waals surface area contributed by atoms with E-state index in [2.05, 4.69) is 0 Å². The van der Waals surface area contributed by atoms with Gasteiger partial charge < -0.3 is 14.4 Å². The lowest BCUT2D eigenvalue weighted by Crippen LogP contribution is -2.42.